The first-order valence-corrected chi connectivity index (χ1v) is 21.8. The predicted octanol–water partition coefficient (Wildman–Crippen LogP) is 5.27. The van der Waals surface area contributed by atoms with Crippen molar-refractivity contribution in [1.29, 1.82) is 0 Å². The molecule has 5 nitrogen and oxygen atoms in total. The molecule has 0 rings (SSSR count). The highest BCUT2D eigenvalue weighted by molar-refractivity contribution is 6.90. The minimum atomic E-state index is -3.16. The molecule has 0 saturated carbocycles. The quantitative estimate of drug-likeness (QED) is 0.326. The molecule has 0 aromatic rings. The van der Waals surface area contributed by atoms with Gasteiger partial charge in [0.25, 0.3) is 0 Å². The van der Waals surface area contributed by atoms with E-state index in [1.54, 1.807) is 6.92 Å². The minimum absolute atomic E-state index is 0.157. The molecule has 0 aliphatic carbocycles. The van der Waals surface area contributed by atoms with Crippen molar-refractivity contribution in [2.75, 3.05) is 0 Å². The van der Waals surface area contributed by atoms with Gasteiger partial charge in [-0.25, -0.2) is 0 Å². The third kappa shape index (κ3) is 10.3. The van der Waals surface area contributed by atoms with Crippen molar-refractivity contribution in [3.63, 3.8) is 0 Å². The zero-order valence-corrected chi connectivity index (χ0v) is 23.5. The topological polar surface area (TPSA) is 56.8 Å². The maximum absolute atomic E-state index is 12.5. The largest absolute Gasteiger partial charge is 0.493 e. The van der Waals surface area contributed by atoms with Crippen LogP contribution in [0.5, 0.6) is 0 Å². The number of hydrogen-bond acceptors (Lipinski definition) is 4. The summed E-state index contributed by atoms with van der Waals surface area (Å²) in [4.78, 5) is 12.5. The summed E-state index contributed by atoms with van der Waals surface area (Å²) in [5.74, 6) is -0.157. The van der Waals surface area contributed by atoms with E-state index in [4.69, 9.17) is 12.3 Å². The van der Waals surface area contributed by atoms with Gasteiger partial charge in [-0.15, -0.1) is 0 Å². The van der Waals surface area contributed by atoms with Crippen molar-refractivity contribution in [2.24, 2.45) is 0 Å². The maximum atomic E-state index is 12.5. The van der Waals surface area contributed by atoms with Gasteiger partial charge in [0.05, 0.1) is 5.67 Å². The second-order valence-corrected chi connectivity index (χ2v) is 26.7. The van der Waals surface area contributed by atoms with Crippen LogP contribution < -0.4 is 5.32 Å². The van der Waals surface area contributed by atoms with Gasteiger partial charge >= 0.3 is 8.80 Å². The fourth-order valence-electron chi connectivity index (χ4n) is 2.89. The molecule has 1 atom stereocenters. The fourth-order valence-corrected chi connectivity index (χ4v) is 18.6. The highest BCUT2D eigenvalue weighted by Gasteiger charge is 2.56. The van der Waals surface area contributed by atoms with Crippen molar-refractivity contribution >= 4 is 39.7 Å². The zero-order chi connectivity index (χ0) is 21.7. The first kappa shape index (κ1) is 27.0. The van der Waals surface area contributed by atoms with Gasteiger partial charge in [0.15, 0.2) is 25.0 Å². The number of nitrogens with one attached hydrogen (secondary N) is 1. The summed E-state index contributed by atoms with van der Waals surface area (Å²) in [5, 5.41) is 3.13. The van der Waals surface area contributed by atoms with E-state index in [0.717, 1.165) is 12.5 Å². The predicted molar refractivity (Wildman–Crippen MR) is 125 cm³/mol. The molecule has 0 fully saturated rings. The first-order chi connectivity index (χ1) is 12.0. The Morgan fingerprint density at radius 3 is 1.67 bits per heavy atom. The molecule has 1 unspecified atom stereocenters. The van der Waals surface area contributed by atoms with Crippen LogP contribution in [0.25, 0.3) is 0 Å². The molecule has 0 aromatic heterocycles. The molecule has 9 heteroatoms. The first-order valence-electron chi connectivity index (χ1n) is 10.0. The Morgan fingerprint density at radius 2 is 1.37 bits per heavy atom. The second-order valence-electron chi connectivity index (χ2n) is 9.86. The van der Waals surface area contributed by atoms with Crippen LogP contribution in [-0.2, 0) is 17.1 Å². The molecular formula is C18H43NO4Si4. The number of hydrogen-bond donors (Lipinski definition) is 1. The average Bonchev–Trinajstić information content (AvgIpc) is 2.39. The van der Waals surface area contributed by atoms with Crippen LogP contribution in [0.2, 0.25) is 58.4 Å². The van der Waals surface area contributed by atoms with E-state index >= 15 is 0 Å². The molecule has 0 radical (unpaired) electrons. The van der Waals surface area contributed by atoms with E-state index in [1.807, 2.05) is 0 Å². The van der Waals surface area contributed by atoms with E-state index in [9.17, 15) is 4.79 Å². The smallest absolute Gasteiger partial charge is 0.416 e. The standard InChI is InChI=1S/C18H43NO4Si4/c1-13-15-26(11,12)23-27(21-24(5,6)7,22-25(8,9)10)17(14-2)19-18(20)16(3)4/h17H,3,13-15H2,1-2,4-12H3,(H,19,20). The Balaban J connectivity index is 6.29. The van der Waals surface area contributed by atoms with Gasteiger partial charge in [0.1, 0.15) is 0 Å². The Hall–Kier alpha value is -0.0425. The normalized spacial score (nSPS) is 14.8. The van der Waals surface area contributed by atoms with Gasteiger partial charge in [-0.2, -0.15) is 0 Å². The van der Waals surface area contributed by atoms with Gasteiger partial charge in [-0.1, -0.05) is 26.8 Å². The minimum Gasteiger partial charge on any atom is -0.416 e. The SMILES string of the molecule is C=C(C)C(=O)NC(CC)[Si](O[Si](C)(C)C)(O[Si](C)(C)C)O[Si](C)(C)CCC. The molecule has 1 amide bonds. The monoisotopic (exact) mass is 449 g/mol. The summed E-state index contributed by atoms with van der Waals surface area (Å²) < 4.78 is 20.5. The molecule has 27 heavy (non-hydrogen) atoms. The molecule has 0 aliphatic rings. The van der Waals surface area contributed by atoms with E-state index in [0.29, 0.717) is 12.0 Å². The molecule has 0 spiro atoms. The molecule has 0 aromatic carbocycles. The van der Waals surface area contributed by atoms with Crippen molar-refractivity contribution in [3.05, 3.63) is 12.2 Å². The number of carbonyl (C=O) groups is 1. The van der Waals surface area contributed by atoms with Crippen LogP contribution >= 0.6 is 0 Å². The van der Waals surface area contributed by atoms with Crippen molar-refractivity contribution in [1.82, 2.24) is 5.32 Å². The van der Waals surface area contributed by atoms with Crippen LogP contribution in [0.4, 0.5) is 0 Å². The molecule has 0 saturated heterocycles. The van der Waals surface area contributed by atoms with Crippen molar-refractivity contribution in [2.45, 2.75) is 97.7 Å². The number of amides is 1. The summed E-state index contributed by atoms with van der Waals surface area (Å²) in [5.41, 5.74) is 0.228. The van der Waals surface area contributed by atoms with Gasteiger partial charge in [-0.05, 0) is 71.8 Å². The zero-order valence-electron chi connectivity index (χ0n) is 19.5. The van der Waals surface area contributed by atoms with Crippen LogP contribution in [0.1, 0.15) is 33.6 Å². The van der Waals surface area contributed by atoms with Crippen molar-refractivity contribution in [3.8, 4) is 0 Å². The lowest BCUT2D eigenvalue weighted by molar-refractivity contribution is -0.118. The third-order valence-electron chi connectivity index (χ3n) is 3.70. The third-order valence-corrected chi connectivity index (χ3v) is 17.3. The highest BCUT2D eigenvalue weighted by Crippen LogP contribution is 2.31. The Labute approximate surface area is 172 Å². The lowest BCUT2D eigenvalue weighted by Gasteiger charge is -2.47. The lowest BCUT2D eigenvalue weighted by atomic mass is 10.3. The van der Waals surface area contributed by atoms with Crippen LogP contribution in [-0.4, -0.2) is 45.3 Å². The molecule has 0 bridgehead atoms. The van der Waals surface area contributed by atoms with Gasteiger partial charge in [0, 0.05) is 5.57 Å². The van der Waals surface area contributed by atoms with Crippen molar-refractivity contribution < 1.29 is 17.1 Å². The van der Waals surface area contributed by atoms with Crippen LogP contribution in [0.3, 0.4) is 0 Å². The van der Waals surface area contributed by atoms with Gasteiger partial charge in [0.2, 0.25) is 5.91 Å². The Kier molecular flexibility index (Phi) is 10.1. The maximum Gasteiger partial charge on any atom is 0.493 e. The highest BCUT2D eigenvalue weighted by atomic mass is 28.5. The molecular weight excluding hydrogens is 407 g/mol. The summed E-state index contributed by atoms with van der Waals surface area (Å²) in [6.45, 7) is 27.2. The number of rotatable bonds is 12. The number of carbonyl (C=O) groups excluding carboxylic acids is 1. The van der Waals surface area contributed by atoms with Crippen LogP contribution in [0, 0.1) is 0 Å². The summed E-state index contributed by atoms with van der Waals surface area (Å²) in [6, 6.07) is 1.04. The second kappa shape index (κ2) is 10.1. The molecule has 0 aliphatic heterocycles. The van der Waals surface area contributed by atoms with Gasteiger partial charge < -0.3 is 17.7 Å². The van der Waals surface area contributed by atoms with Gasteiger partial charge in [-0.3, -0.25) is 4.79 Å². The van der Waals surface area contributed by atoms with E-state index < -0.39 is 33.8 Å². The molecule has 160 valence electrons. The van der Waals surface area contributed by atoms with E-state index in [-0.39, 0.29) is 11.6 Å². The fraction of sp³-hybridized carbons (Fsp3) is 0.833. The lowest BCUT2D eigenvalue weighted by Crippen LogP contribution is -2.70. The van der Waals surface area contributed by atoms with Crippen LogP contribution in [0.15, 0.2) is 12.2 Å². The molecule has 1 N–H and O–H groups in total. The summed E-state index contributed by atoms with van der Waals surface area (Å²) in [6.07, 6.45) is 1.77. The average molecular weight is 450 g/mol. The summed E-state index contributed by atoms with van der Waals surface area (Å²) in [7, 11) is -9.16. The Bertz CT molecular complexity index is 496. The van der Waals surface area contributed by atoms with E-state index in [1.165, 1.54) is 0 Å². The Morgan fingerprint density at radius 1 is 0.926 bits per heavy atom. The summed E-state index contributed by atoms with van der Waals surface area (Å²) >= 11 is 0. The molecule has 0 heterocycles. The van der Waals surface area contributed by atoms with E-state index in [2.05, 4.69) is 78.1 Å².